The number of carbonyl (C=O) groups is 1. The summed E-state index contributed by atoms with van der Waals surface area (Å²) in [5.74, 6) is 0.453. The molecule has 0 unspecified atom stereocenters. The molecular weight excluding hydrogens is 569 g/mol. The highest BCUT2D eigenvalue weighted by Gasteiger charge is 2.30. The number of benzene rings is 3. The van der Waals surface area contributed by atoms with E-state index in [0.717, 1.165) is 47.3 Å². The minimum Gasteiger partial charge on any atom is -0.462 e. The first-order valence-electron chi connectivity index (χ1n) is 12.8. The molecule has 2 N–H and O–H groups in total. The van der Waals surface area contributed by atoms with Gasteiger partial charge in [-0.25, -0.2) is 14.8 Å². The van der Waals surface area contributed by atoms with Crippen LogP contribution in [0.25, 0.3) is 0 Å². The summed E-state index contributed by atoms with van der Waals surface area (Å²) >= 11 is 1.61. The van der Waals surface area contributed by atoms with Gasteiger partial charge in [0, 0.05) is 23.5 Å². The molecule has 0 bridgehead atoms. The van der Waals surface area contributed by atoms with Gasteiger partial charge in [0.1, 0.15) is 17.9 Å². The Morgan fingerprint density at radius 2 is 1.71 bits per heavy atom. The number of aliphatic imine (C=N–C) groups is 2. The minimum atomic E-state index is -4.75. The molecule has 0 aliphatic carbocycles. The number of carbonyl (C=O) groups excluding carboxylic acids is 1. The lowest BCUT2D eigenvalue weighted by atomic mass is 10.1. The number of thioether (sulfide) groups is 1. The van der Waals surface area contributed by atoms with E-state index in [1.54, 1.807) is 49.2 Å². The van der Waals surface area contributed by atoms with Crippen molar-refractivity contribution in [3.63, 3.8) is 0 Å². The molecule has 3 aromatic carbocycles. The van der Waals surface area contributed by atoms with E-state index >= 15 is 0 Å². The maximum atomic E-state index is 12.3. The molecule has 0 aromatic heterocycles. The maximum Gasteiger partial charge on any atom is 0.573 e. The first-order valence-corrected chi connectivity index (χ1v) is 13.8. The van der Waals surface area contributed by atoms with Gasteiger partial charge in [-0.05, 0) is 67.4 Å². The normalized spacial score (nSPS) is 15.5. The lowest BCUT2D eigenvalue weighted by Gasteiger charge is -2.28. The average molecular weight is 597 g/mol. The third kappa shape index (κ3) is 8.93. The van der Waals surface area contributed by atoms with Gasteiger partial charge < -0.3 is 20.1 Å². The van der Waals surface area contributed by atoms with Crippen molar-refractivity contribution in [3.05, 3.63) is 89.5 Å². The van der Waals surface area contributed by atoms with E-state index in [2.05, 4.69) is 29.8 Å². The van der Waals surface area contributed by atoms with Crippen molar-refractivity contribution < 1.29 is 27.4 Å². The van der Waals surface area contributed by atoms with E-state index in [4.69, 9.17) is 10.5 Å². The number of rotatable bonds is 9. The Morgan fingerprint density at radius 3 is 2.38 bits per heavy atom. The monoisotopic (exact) mass is 596 g/mol. The number of anilines is 1. The van der Waals surface area contributed by atoms with E-state index in [1.807, 2.05) is 24.3 Å². The van der Waals surface area contributed by atoms with E-state index in [9.17, 15) is 18.0 Å². The van der Waals surface area contributed by atoms with Gasteiger partial charge in [-0.15, -0.1) is 18.3 Å². The maximum absolute atomic E-state index is 12.3. The van der Waals surface area contributed by atoms with Crippen LogP contribution in [0.15, 0.2) is 93.0 Å². The number of nitrogens with two attached hydrogens (primary N) is 1. The molecule has 3 aromatic rings. The molecule has 1 saturated heterocycles. The van der Waals surface area contributed by atoms with Crippen molar-refractivity contribution in [2.75, 3.05) is 23.8 Å². The molecule has 1 fully saturated rings. The summed E-state index contributed by atoms with van der Waals surface area (Å²) in [6.45, 7) is 2.88. The number of esters is 1. The first-order chi connectivity index (χ1) is 20.2. The van der Waals surface area contributed by atoms with Crippen molar-refractivity contribution in [1.82, 2.24) is 0 Å². The minimum absolute atomic E-state index is 0.211. The number of hydrogen-bond acceptors (Lipinski definition) is 7. The van der Waals surface area contributed by atoms with Crippen LogP contribution in [0.5, 0.6) is 5.75 Å². The molecule has 0 atom stereocenters. The van der Waals surface area contributed by atoms with Crippen LogP contribution >= 0.6 is 11.8 Å². The Balaban J connectivity index is 1.36. The highest BCUT2D eigenvalue weighted by molar-refractivity contribution is 8.14. The molecule has 1 heterocycles. The third-order valence-corrected chi connectivity index (χ3v) is 6.76. The van der Waals surface area contributed by atoms with Gasteiger partial charge in [0.05, 0.1) is 24.1 Å². The van der Waals surface area contributed by atoms with E-state index in [-0.39, 0.29) is 17.6 Å². The highest BCUT2D eigenvalue weighted by atomic mass is 32.2. The second-order valence-corrected chi connectivity index (χ2v) is 9.73. The van der Waals surface area contributed by atoms with Crippen molar-refractivity contribution in [2.24, 2.45) is 25.9 Å². The number of amidine groups is 2. The van der Waals surface area contributed by atoms with Gasteiger partial charge in [-0.2, -0.15) is 5.10 Å². The van der Waals surface area contributed by atoms with Crippen molar-refractivity contribution in [2.45, 2.75) is 19.7 Å². The summed E-state index contributed by atoms with van der Waals surface area (Å²) in [5, 5.41) is 9.45. The SMILES string of the molecule is CCOC(=O)c1ccc(N2CCCS/C2=N\N=C\c2ccc(C(N)=NC=Nc3ccc(OC(F)(F)F)cc3)cc2)cc1. The van der Waals surface area contributed by atoms with Crippen LogP contribution in [0.2, 0.25) is 0 Å². The molecule has 0 amide bonds. The topological polar surface area (TPSA) is 114 Å². The Morgan fingerprint density at radius 1 is 1.02 bits per heavy atom. The molecule has 1 aliphatic rings. The van der Waals surface area contributed by atoms with Gasteiger partial charge in [0.15, 0.2) is 5.17 Å². The molecule has 1 aliphatic heterocycles. The van der Waals surface area contributed by atoms with Crippen LogP contribution < -0.4 is 15.4 Å². The first kappa shape index (κ1) is 30.3. The molecule has 0 spiro atoms. The fraction of sp³-hybridized carbons (Fsp3) is 0.207. The second-order valence-electron chi connectivity index (χ2n) is 8.67. The van der Waals surface area contributed by atoms with Crippen LogP contribution in [0.4, 0.5) is 24.5 Å². The van der Waals surface area contributed by atoms with E-state index in [0.29, 0.717) is 23.4 Å². The van der Waals surface area contributed by atoms with Crippen molar-refractivity contribution in [3.8, 4) is 5.75 Å². The van der Waals surface area contributed by atoms with Gasteiger partial charge in [-0.3, -0.25) is 0 Å². The standard InChI is InChI=1S/C29H27F3N6O3S/c1-2-40-27(39)22-8-12-24(13-9-22)38-16-3-17-42-28(38)37-36-18-20-4-6-21(7-5-20)26(33)35-19-34-23-10-14-25(15-11-23)41-29(30,31)32/h4-15,18-19H,2-3,16-17H2,1H3,(H2,33,34,35)/b36-18+,37-28-. The van der Waals surface area contributed by atoms with E-state index < -0.39 is 6.36 Å². The predicted octanol–water partition coefficient (Wildman–Crippen LogP) is 6.16. The smallest absolute Gasteiger partial charge is 0.462 e. The number of ether oxygens (including phenoxy) is 2. The van der Waals surface area contributed by atoms with E-state index in [1.165, 1.54) is 18.5 Å². The zero-order valence-electron chi connectivity index (χ0n) is 22.5. The number of alkyl halides is 3. The van der Waals surface area contributed by atoms with Crippen molar-refractivity contribution in [1.29, 1.82) is 0 Å². The molecular formula is C29H27F3N6O3S. The molecule has 9 nitrogen and oxygen atoms in total. The lowest BCUT2D eigenvalue weighted by Crippen LogP contribution is -2.33. The Bertz CT molecular complexity index is 1470. The number of halogens is 3. The second kappa shape index (κ2) is 14.3. The van der Waals surface area contributed by atoms with Crippen LogP contribution in [0, 0.1) is 0 Å². The van der Waals surface area contributed by atoms with Crippen LogP contribution in [-0.4, -0.2) is 54.8 Å². The molecule has 13 heteroatoms. The summed E-state index contributed by atoms with van der Waals surface area (Å²) in [7, 11) is 0. The van der Waals surface area contributed by atoms with Crippen molar-refractivity contribution >= 4 is 52.7 Å². The zero-order valence-corrected chi connectivity index (χ0v) is 23.3. The fourth-order valence-corrected chi connectivity index (χ4v) is 4.64. The number of nitrogens with zero attached hydrogens (tertiary/aromatic N) is 5. The van der Waals surface area contributed by atoms with Gasteiger partial charge in [-0.1, -0.05) is 36.0 Å². The third-order valence-electron chi connectivity index (χ3n) is 5.71. The number of hydrogen-bond donors (Lipinski definition) is 1. The van der Waals surface area contributed by atoms with Gasteiger partial charge in [0.25, 0.3) is 0 Å². The largest absolute Gasteiger partial charge is 0.573 e. The summed E-state index contributed by atoms with van der Waals surface area (Å²) in [4.78, 5) is 22.2. The van der Waals surface area contributed by atoms with Crippen LogP contribution in [-0.2, 0) is 4.74 Å². The lowest BCUT2D eigenvalue weighted by molar-refractivity contribution is -0.274. The zero-order chi connectivity index (χ0) is 30.0. The van der Waals surface area contributed by atoms with Gasteiger partial charge in [0.2, 0.25) is 0 Å². The molecule has 0 saturated carbocycles. The summed E-state index contributed by atoms with van der Waals surface area (Å²) in [6.07, 6.45) is -0.908. The molecule has 0 radical (unpaired) electrons. The molecule has 4 rings (SSSR count). The Hall–Kier alpha value is -4.65. The predicted molar refractivity (Wildman–Crippen MR) is 160 cm³/mol. The summed E-state index contributed by atoms with van der Waals surface area (Å²) < 4.78 is 45.7. The van der Waals surface area contributed by atoms with Gasteiger partial charge >= 0.3 is 12.3 Å². The average Bonchev–Trinajstić information content (AvgIpc) is 2.98. The fourth-order valence-electron chi connectivity index (χ4n) is 3.72. The Labute approximate surface area is 244 Å². The molecule has 218 valence electrons. The van der Waals surface area contributed by atoms with Crippen LogP contribution in [0.3, 0.4) is 0 Å². The van der Waals surface area contributed by atoms with Crippen LogP contribution in [0.1, 0.15) is 34.8 Å². The Kier molecular flexibility index (Phi) is 10.3. The quantitative estimate of drug-likeness (QED) is 0.137. The summed E-state index contributed by atoms with van der Waals surface area (Å²) in [6, 6.07) is 19.5. The highest BCUT2D eigenvalue weighted by Crippen LogP contribution is 2.26. The molecule has 42 heavy (non-hydrogen) atoms. The summed E-state index contributed by atoms with van der Waals surface area (Å²) in [5.41, 5.74) is 9.29.